The lowest BCUT2D eigenvalue weighted by Gasteiger charge is -2.62. The van der Waals surface area contributed by atoms with Crippen molar-refractivity contribution in [3.05, 3.63) is 0 Å². The summed E-state index contributed by atoms with van der Waals surface area (Å²) >= 11 is 0. The van der Waals surface area contributed by atoms with Gasteiger partial charge in [-0.25, -0.2) is 0 Å². The lowest BCUT2D eigenvalue weighted by molar-refractivity contribution is 0.151. The zero-order chi connectivity index (χ0) is 11.7. The van der Waals surface area contributed by atoms with Crippen LogP contribution in [0.1, 0.15) is 73.6 Å². The number of rotatable bonds is 4. The van der Waals surface area contributed by atoms with Crippen LogP contribution >= 0.6 is 0 Å². The van der Waals surface area contributed by atoms with Crippen LogP contribution < -0.4 is 0 Å². The van der Waals surface area contributed by atoms with Crippen LogP contribution in [0, 0.1) is 5.41 Å². The van der Waals surface area contributed by atoms with Crippen molar-refractivity contribution in [2.75, 3.05) is 0 Å². The molecule has 1 heteroatoms. The maximum absolute atomic E-state index is 2.44. The van der Waals surface area contributed by atoms with Crippen molar-refractivity contribution in [2.45, 2.75) is 84.3 Å². The molecule has 0 aliphatic carbocycles. The summed E-state index contributed by atoms with van der Waals surface area (Å²) in [6.07, 6.45) is 7.01. The molecule has 1 heterocycles. The minimum atomic E-state index is 0.497. The van der Waals surface area contributed by atoms with E-state index in [1.54, 1.807) is 0 Å². The van der Waals surface area contributed by atoms with Crippen LogP contribution in [0.25, 0.3) is 0 Å². The van der Waals surface area contributed by atoms with Crippen LogP contribution in [0.4, 0.5) is 0 Å². The van der Waals surface area contributed by atoms with Gasteiger partial charge in [-0.1, -0.05) is 79.0 Å². The van der Waals surface area contributed by atoms with Crippen LogP contribution in [0.2, 0.25) is 10.6 Å². The topological polar surface area (TPSA) is 0 Å². The fraction of sp³-hybridized carbons (Fsp3) is 1.00. The van der Waals surface area contributed by atoms with Crippen LogP contribution in [-0.4, -0.2) is 7.28 Å². The van der Waals surface area contributed by atoms with E-state index >= 15 is 0 Å². The number of hydrogen-bond acceptors (Lipinski definition) is 0. The van der Waals surface area contributed by atoms with E-state index in [1.807, 2.05) is 0 Å². The van der Waals surface area contributed by atoms with E-state index in [1.165, 1.54) is 39.4 Å². The first kappa shape index (κ1) is 13.1. The molecule has 0 radical (unpaired) electrons. The summed E-state index contributed by atoms with van der Waals surface area (Å²) in [5.41, 5.74) is 0.497. The van der Waals surface area contributed by atoms with E-state index in [2.05, 4.69) is 41.5 Å². The van der Waals surface area contributed by atoms with Crippen molar-refractivity contribution in [1.29, 1.82) is 0 Å². The minimum Gasteiger partial charge on any atom is -0.0655 e. The average molecular weight is 208 g/mol. The van der Waals surface area contributed by atoms with E-state index in [4.69, 9.17) is 0 Å². The largest absolute Gasteiger partial charge is 0.136 e. The summed E-state index contributed by atoms with van der Waals surface area (Å²) in [4.78, 5) is 0. The Morgan fingerprint density at radius 2 is 1.53 bits per heavy atom. The van der Waals surface area contributed by atoms with Crippen molar-refractivity contribution in [1.82, 2.24) is 0 Å². The molecule has 0 saturated carbocycles. The summed E-state index contributed by atoms with van der Waals surface area (Å²) in [7, 11) is 1.48. The Bertz CT molecular complexity index is 200. The third-order valence-corrected chi connectivity index (χ3v) is 5.25. The summed E-state index contributed by atoms with van der Waals surface area (Å²) in [6.45, 7) is 14.4. The molecule has 88 valence electrons. The Morgan fingerprint density at radius 1 is 1.07 bits per heavy atom. The second-order valence-corrected chi connectivity index (χ2v) is 6.84. The molecule has 1 saturated heterocycles. The monoisotopic (exact) mass is 208 g/mol. The van der Waals surface area contributed by atoms with Gasteiger partial charge in [-0.15, -0.1) is 0 Å². The predicted molar refractivity (Wildman–Crippen MR) is 72.1 cm³/mol. The summed E-state index contributed by atoms with van der Waals surface area (Å²) < 4.78 is 0. The van der Waals surface area contributed by atoms with E-state index in [-0.39, 0.29) is 0 Å². The van der Waals surface area contributed by atoms with E-state index in [0.29, 0.717) is 16.0 Å². The van der Waals surface area contributed by atoms with Gasteiger partial charge < -0.3 is 0 Å². The van der Waals surface area contributed by atoms with Crippen LogP contribution in [-0.2, 0) is 0 Å². The molecule has 0 aromatic rings. The molecular formula is C14H29B. The zero-order valence-corrected chi connectivity index (χ0v) is 11.7. The molecule has 1 atom stereocenters. The van der Waals surface area contributed by atoms with Gasteiger partial charge in [0.05, 0.1) is 0 Å². The first-order valence-corrected chi connectivity index (χ1v) is 6.85. The highest BCUT2D eigenvalue weighted by atomic mass is 14.5. The fourth-order valence-electron chi connectivity index (χ4n) is 3.69. The Hall–Kier alpha value is 0.0649. The van der Waals surface area contributed by atoms with Crippen LogP contribution in [0.5, 0.6) is 0 Å². The Kier molecular flexibility index (Phi) is 3.63. The normalized spacial score (nSPS) is 29.5. The highest BCUT2D eigenvalue weighted by Crippen LogP contribution is 2.70. The first-order valence-electron chi connectivity index (χ1n) is 6.85. The average Bonchev–Trinajstić information content (AvgIpc) is 2.09. The van der Waals surface area contributed by atoms with Gasteiger partial charge in [0.2, 0.25) is 0 Å². The van der Waals surface area contributed by atoms with Gasteiger partial charge in [-0.2, -0.15) is 0 Å². The molecule has 1 fully saturated rings. The molecule has 0 aromatic heterocycles. The van der Waals surface area contributed by atoms with Gasteiger partial charge in [0, 0.05) is 0 Å². The molecule has 0 nitrogen and oxygen atoms in total. The second kappa shape index (κ2) is 4.15. The Morgan fingerprint density at radius 3 is 1.80 bits per heavy atom. The summed E-state index contributed by atoms with van der Waals surface area (Å²) in [5, 5.41) is 1.34. The van der Waals surface area contributed by atoms with Crippen molar-refractivity contribution in [2.24, 2.45) is 5.41 Å². The van der Waals surface area contributed by atoms with Crippen LogP contribution in [0.15, 0.2) is 0 Å². The first-order chi connectivity index (χ1) is 6.85. The molecule has 15 heavy (non-hydrogen) atoms. The van der Waals surface area contributed by atoms with Gasteiger partial charge in [-0.3, -0.25) is 0 Å². The third-order valence-electron chi connectivity index (χ3n) is 5.25. The maximum atomic E-state index is 2.44. The molecule has 0 spiro atoms. The molecular weight excluding hydrogens is 179 g/mol. The maximum Gasteiger partial charge on any atom is 0.136 e. The lowest BCUT2D eigenvalue weighted by Crippen LogP contribution is -2.51. The van der Waals surface area contributed by atoms with Gasteiger partial charge in [-0.05, 0) is 10.7 Å². The fourth-order valence-corrected chi connectivity index (χ4v) is 3.69. The van der Waals surface area contributed by atoms with E-state index < -0.39 is 0 Å². The Balaban J connectivity index is 2.76. The second-order valence-electron chi connectivity index (χ2n) is 6.84. The van der Waals surface area contributed by atoms with Gasteiger partial charge in [0.15, 0.2) is 0 Å². The smallest absolute Gasteiger partial charge is 0.0655 e. The SMILES string of the molecule is CCCC1(C(C)(C)C)BC(CC)(CC)C1. The minimum absolute atomic E-state index is 0.497. The molecule has 1 aliphatic heterocycles. The highest BCUT2D eigenvalue weighted by Gasteiger charge is 2.57. The molecule has 0 N–H and O–H groups in total. The van der Waals surface area contributed by atoms with Crippen LogP contribution in [0.3, 0.4) is 0 Å². The molecule has 0 bridgehead atoms. The van der Waals surface area contributed by atoms with Gasteiger partial charge in [0.1, 0.15) is 7.28 Å². The van der Waals surface area contributed by atoms with Crippen molar-refractivity contribution >= 4 is 7.28 Å². The quantitative estimate of drug-likeness (QED) is 0.581. The lowest BCUT2D eigenvalue weighted by atomic mass is 9.18. The highest BCUT2D eigenvalue weighted by molar-refractivity contribution is 6.49. The molecule has 1 aliphatic rings. The molecule has 0 amide bonds. The molecule has 1 rings (SSSR count). The van der Waals surface area contributed by atoms with E-state index in [9.17, 15) is 0 Å². The summed E-state index contributed by atoms with van der Waals surface area (Å²) in [5.74, 6) is 0. The van der Waals surface area contributed by atoms with Crippen molar-refractivity contribution in [3.63, 3.8) is 0 Å². The van der Waals surface area contributed by atoms with Crippen molar-refractivity contribution < 1.29 is 0 Å². The number of hydrogen-bond donors (Lipinski definition) is 0. The standard InChI is InChI=1S/C14H29B/c1-7-10-14(12(4,5)6)11-13(8-2,9-3)15-14/h15H,7-11H2,1-6H3. The Labute approximate surface area is 97.5 Å². The predicted octanol–water partition coefficient (Wildman–Crippen LogP) is 4.81. The van der Waals surface area contributed by atoms with Gasteiger partial charge >= 0.3 is 0 Å². The third kappa shape index (κ3) is 2.12. The van der Waals surface area contributed by atoms with Gasteiger partial charge in [0.25, 0.3) is 0 Å². The summed E-state index contributed by atoms with van der Waals surface area (Å²) in [6, 6.07) is 0. The van der Waals surface area contributed by atoms with Crippen molar-refractivity contribution in [3.8, 4) is 0 Å². The zero-order valence-electron chi connectivity index (χ0n) is 11.7. The molecule has 0 aromatic carbocycles. The van der Waals surface area contributed by atoms with E-state index in [0.717, 1.165) is 0 Å². The molecule has 1 unspecified atom stereocenters.